The number of rotatable bonds is 8. The van der Waals surface area contributed by atoms with Crippen LogP contribution in [0, 0.1) is 0 Å². The number of carbonyl (C=O) groups excluding carboxylic acids is 1. The van der Waals surface area contributed by atoms with Gasteiger partial charge in [0.1, 0.15) is 12.1 Å². The van der Waals surface area contributed by atoms with Crippen molar-refractivity contribution in [1.29, 1.82) is 0 Å². The molecule has 4 aromatic carbocycles. The van der Waals surface area contributed by atoms with Gasteiger partial charge in [-0.15, -0.1) is 13.2 Å². The van der Waals surface area contributed by atoms with E-state index in [1.54, 1.807) is 29.2 Å². The molecule has 0 fully saturated rings. The molecule has 5 rings (SSSR count). The Kier molecular flexibility index (Phi) is 8.16. The molecule has 0 aliphatic carbocycles. The number of aryl methyl sites for hydroxylation is 2. The van der Waals surface area contributed by atoms with Crippen LogP contribution in [-0.4, -0.2) is 28.2 Å². The number of amides is 2. The Balaban J connectivity index is 1.26. The van der Waals surface area contributed by atoms with Crippen LogP contribution in [0.15, 0.2) is 83.5 Å². The van der Waals surface area contributed by atoms with Crippen molar-refractivity contribution in [2.45, 2.75) is 33.1 Å². The number of hydrogen-bond donors (Lipinski definition) is 2. The number of alkyl halides is 3. The van der Waals surface area contributed by atoms with E-state index in [9.17, 15) is 18.0 Å². The van der Waals surface area contributed by atoms with Crippen molar-refractivity contribution in [3.05, 3.63) is 95.8 Å². The van der Waals surface area contributed by atoms with E-state index < -0.39 is 6.36 Å². The van der Waals surface area contributed by atoms with Gasteiger partial charge in [0, 0.05) is 23.0 Å². The summed E-state index contributed by atoms with van der Waals surface area (Å²) < 4.78 is 50.1. The zero-order valence-electron chi connectivity index (χ0n) is 22.2. The van der Waals surface area contributed by atoms with E-state index in [2.05, 4.69) is 38.0 Å². The molecular weight excluding hydrogens is 551 g/mol. The summed E-state index contributed by atoms with van der Waals surface area (Å²) in [4.78, 5) is 17.0. The fraction of sp³-hybridized carbons (Fsp3) is 0.167. The first-order valence-electron chi connectivity index (χ1n) is 12.9. The number of nitrogens with one attached hydrogen (secondary N) is 2. The highest BCUT2D eigenvalue weighted by Crippen LogP contribution is 2.29. The Bertz CT molecular complexity index is 1710. The van der Waals surface area contributed by atoms with Crippen LogP contribution in [0.2, 0.25) is 0 Å². The molecule has 0 radical (unpaired) electrons. The van der Waals surface area contributed by atoms with Crippen molar-refractivity contribution in [2.75, 3.05) is 5.32 Å². The lowest BCUT2D eigenvalue weighted by Gasteiger charge is -2.14. The van der Waals surface area contributed by atoms with Crippen molar-refractivity contribution >= 4 is 51.9 Å². The molecular formula is C30H26F3N5O2S. The van der Waals surface area contributed by atoms with Gasteiger partial charge in [-0.25, -0.2) is 14.2 Å². The maximum absolute atomic E-state index is 12.5. The zero-order chi connectivity index (χ0) is 29.0. The highest BCUT2D eigenvalue weighted by atomic mass is 32.2. The van der Waals surface area contributed by atoms with Crippen LogP contribution in [0.25, 0.3) is 27.5 Å². The molecule has 0 saturated heterocycles. The predicted molar refractivity (Wildman–Crippen MR) is 158 cm³/mol. The summed E-state index contributed by atoms with van der Waals surface area (Å²) in [7, 11) is 0. The van der Waals surface area contributed by atoms with Gasteiger partial charge in [0.05, 0.1) is 23.2 Å². The number of aromatic nitrogens is 2. The lowest BCUT2D eigenvalue weighted by atomic mass is 10.0. The van der Waals surface area contributed by atoms with E-state index in [0.717, 1.165) is 69.2 Å². The Morgan fingerprint density at radius 1 is 1.02 bits per heavy atom. The normalized spacial score (nSPS) is 11.8. The molecule has 0 saturated carbocycles. The molecule has 210 valence electrons. The van der Waals surface area contributed by atoms with Gasteiger partial charge in [-0.05, 0) is 71.3 Å². The van der Waals surface area contributed by atoms with E-state index in [0.29, 0.717) is 5.69 Å². The molecule has 41 heavy (non-hydrogen) atoms. The van der Waals surface area contributed by atoms with Crippen LogP contribution in [0.3, 0.4) is 0 Å². The molecule has 0 aliphatic rings. The summed E-state index contributed by atoms with van der Waals surface area (Å²) in [6.07, 6.45) is 0.188. The maximum atomic E-state index is 12.5. The average molecular weight is 578 g/mol. The number of nitrogens with zero attached hydrogens (tertiary/aromatic N) is 3. The number of hydrogen-bond acceptors (Lipinski definition) is 5. The van der Waals surface area contributed by atoms with Crippen LogP contribution in [0.1, 0.15) is 30.5 Å². The van der Waals surface area contributed by atoms with E-state index in [1.165, 1.54) is 12.1 Å². The molecule has 5 aromatic rings. The number of imidazole rings is 1. The standard InChI is InChI=1S/C30H26F3N5O2S/c1-3-20-6-5-7-21(4-2)27(20)36-29(39)37-41-35-17-19-8-14-25-22(16-19)9-15-26-28(25)34-18-38(26)23-10-12-24(13-11-23)40-30(31,32)33/h5-18H,3-4H2,1-2H3,(H2,36,37,39)/b35-17+. The molecule has 0 aliphatic heterocycles. The van der Waals surface area contributed by atoms with Gasteiger partial charge in [0.2, 0.25) is 0 Å². The highest BCUT2D eigenvalue weighted by Gasteiger charge is 2.31. The van der Waals surface area contributed by atoms with E-state index >= 15 is 0 Å². The van der Waals surface area contributed by atoms with Crippen LogP contribution >= 0.6 is 12.1 Å². The Hall–Kier alpha value is -4.51. The Labute approximate surface area is 238 Å². The van der Waals surface area contributed by atoms with Gasteiger partial charge in [-0.3, -0.25) is 9.29 Å². The van der Waals surface area contributed by atoms with E-state index in [-0.39, 0.29) is 11.8 Å². The lowest BCUT2D eigenvalue weighted by molar-refractivity contribution is -0.274. The minimum absolute atomic E-state index is 0.285. The van der Waals surface area contributed by atoms with Crippen molar-refractivity contribution in [3.8, 4) is 11.4 Å². The maximum Gasteiger partial charge on any atom is 0.573 e. The number of para-hydroxylation sites is 1. The summed E-state index contributed by atoms with van der Waals surface area (Å²) in [6, 6.07) is 21.0. The molecule has 0 atom stereocenters. The third kappa shape index (κ3) is 6.46. The van der Waals surface area contributed by atoms with Crippen LogP contribution < -0.4 is 14.8 Å². The first kappa shape index (κ1) is 28.0. The van der Waals surface area contributed by atoms with E-state index in [1.807, 2.05) is 48.5 Å². The number of carbonyl (C=O) groups is 1. The van der Waals surface area contributed by atoms with Crippen LogP contribution in [-0.2, 0) is 12.8 Å². The molecule has 0 spiro atoms. The van der Waals surface area contributed by atoms with E-state index in [4.69, 9.17) is 0 Å². The second kappa shape index (κ2) is 11.9. The SMILES string of the molecule is CCc1cccc(CC)c1NC(=O)NS/N=C/c1ccc2c(ccc3c2ncn3-c2ccc(OC(F)(F)F)cc2)c1. The Morgan fingerprint density at radius 3 is 2.44 bits per heavy atom. The average Bonchev–Trinajstić information content (AvgIpc) is 3.39. The van der Waals surface area contributed by atoms with Crippen molar-refractivity contribution < 1.29 is 22.7 Å². The number of urea groups is 1. The molecule has 11 heteroatoms. The molecule has 0 bridgehead atoms. The number of fused-ring (bicyclic) bond motifs is 3. The molecule has 7 nitrogen and oxygen atoms in total. The number of benzene rings is 4. The second-order valence-corrected chi connectivity index (χ2v) is 9.71. The molecule has 2 N–H and O–H groups in total. The molecule has 1 heterocycles. The topological polar surface area (TPSA) is 80.5 Å². The van der Waals surface area contributed by atoms with Gasteiger partial charge in [0.25, 0.3) is 0 Å². The van der Waals surface area contributed by atoms with Gasteiger partial charge in [0.15, 0.2) is 0 Å². The third-order valence-electron chi connectivity index (χ3n) is 6.53. The lowest BCUT2D eigenvalue weighted by Crippen LogP contribution is -2.23. The van der Waals surface area contributed by atoms with Gasteiger partial charge < -0.3 is 10.1 Å². The summed E-state index contributed by atoms with van der Waals surface area (Å²) in [5, 5.41) is 4.80. The van der Waals surface area contributed by atoms with Crippen LogP contribution in [0.5, 0.6) is 5.75 Å². The first-order valence-corrected chi connectivity index (χ1v) is 13.7. The monoisotopic (exact) mass is 577 g/mol. The summed E-state index contributed by atoms with van der Waals surface area (Å²) >= 11 is 0.936. The fourth-order valence-electron chi connectivity index (χ4n) is 4.62. The minimum Gasteiger partial charge on any atom is -0.406 e. The quantitative estimate of drug-likeness (QED) is 0.145. The van der Waals surface area contributed by atoms with Crippen molar-refractivity contribution in [3.63, 3.8) is 0 Å². The van der Waals surface area contributed by atoms with Crippen molar-refractivity contribution in [2.24, 2.45) is 4.40 Å². The summed E-state index contributed by atoms with van der Waals surface area (Å²) in [5.41, 5.74) is 6.07. The van der Waals surface area contributed by atoms with Crippen LogP contribution in [0.4, 0.5) is 23.7 Å². The summed E-state index contributed by atoms with van der Waals surface area (Å²) in [5.74, 6) is -0.285. The fourth-order valence-corrected chi connectivity index (χ4v) is 4.98. The largest absolute Gasteiger partial charge is 0.573 e. The van der Waals surface area contributed by atoms with Gasteiger partial charge in [-0.2, -0.15) is 0 Å². The molecule has 2 amide bonds. The highest BCUT2D eigenvalue weighted by molar-refractivity contribution is 7.96. The summed E-state index contributed by atoms with van der Waals surface area (Å²) in [6.45, 7) is 4.10. The Morgan fingerprint density at radius 2 is 1.76 bits per heavy atom. The van der Waals surface area contributed by atoms with Gasteiger partial charge >= 0.3 is 12.4 Å². The molecule has 0 unspecified atom stereocenters. The van der Waals surface area contributed by atoms with Gasteiger partial charge in [-0.1, -0.05) is 50.2 Å². The number of anilines is 1. The second-order valence-electron chi connectivity index (χ2n) is 9.11. The first-order chi connectivity index (χ1) is 19.8. The molecule has 1 aromatic heterocycles. The number of halogens is 3. The smallest absolute Gasteiger partial charge is 0.406 e. The predicted octanol–water partition coefficient (Wildman–Crippen LogP) is 8.01. The van der Waals surface area contributed by atoms with Crippen molar-refractivity contribution in [1.82, 2.24) is 14.3 Å². The third-order valence-corrected chi connectivity index (χ3v) is 7.02. The minimum atomic E-state index is -4.74. The number of ether oxygens (including phenoxy) is 1. The zero-order valence-corrected chi connectivity index (χ0v) is 23.0.